The number of carboxylic acid groups (broad SMARTS) is 1. The van der Waals surface area contributed by atoms with Crippen molar-refractivity contribution in [2.24, 2.45) is 0 Å². The monoisotopic (exact) mass is 266 g/mol. The van der Waals surface area contributed by atoms with Crippen LogP contribution in [-0.4, -0.2) is 21.3 Å². The highest BCUT2D eigenvalue weighted by Gasteiger charge is 2.13. The van der Waals surface area contributed by atoms with Gasteiger partial charge in [-0.05, 0) is 29.9 Å². The Morgan fingerprint density at radius 1 is 1.50 bits per heavy atom. The molecule has 0 fully saturated rings. The Hall–Kier alpha value is -1.69. The number of hydrogen-bond donors (Lipinski definition) is 1. The molecular formula is C12H14N2O3S. The average molecular weight is 266 g/mol. The van der Waals surface area contributed by atoms with Crippen LogP contribution >= 0.6 is 11.3 Å². The molecule has 0 radical (unpaired) electrons. The minimum atomic E-state index is -0.804. The van der Waals surface area contributed by atoms with Crippen LogP contribution in [-0.2, 0) is 17.6 Å². The summed E-state index contributed by atoms with van der Waals surface area (Å²) in [6.45, 7) is 2.08. The van der Waals surface area contributed by atoms with Gasteiger partial charge >= 0.3 is 5.97 Å². The molecule has 0 aliphatic rings. The molecular weight excluding hydrogens is 252 g/mol. The lowest BCUT2D eigenvalue weighted by molar-refractivity contribution is -0.137. The second-order valence-electron chi connectivity index (χ2n) is 3.88. The Morgan fingerprint density at radius 2 is 2.33 bits per heavy atom. The van der Waals surface area contributed by atoms with E-state index >= 15 is 0 Å². The number of aromatic nitrogens is 2. The zero-order valence-electron chi connectivity index (χ0n) is 10.0. The summed E-state index contributed by atoms with van der Waals surface area (Å²) in [5.74, 6) is 0.232. The van der Waals surface area contributed by atoms with Crippen molar-refractivity contribution in [3.8, 4) is 10.8 Å². The van der Waals surface area contributed by atoms with Crippen molar-refractivity contribution >= 4 is 17.3 Å². The fourth-order valence-corrected chi connectivity index (χ4v) is 2.55. The van der Waals surface area contributed by atoms with Crippen molar-refractivity contribution in [2.75, 3.05) is 0 Å². The van der Waals surface area contributed by atoms with E-state index in [0.717, 1.165) is 11.3 Å². The van der Waals surface area contributed by atoms with Gasteiger partial charge in [0.15, 0.2) is 0 Å². The van der Waals surface area contributed by atoms with Crippen molar-refractivity contribution in [1.29, 1.82) is 0 Å². The van der Waals surface area contributed by atoms with Crippen LogP contribution in [0.2, 0.25) is 0 Å². The van der Waals surface area contributed by atoms with E-state index < -0.39 is 5.97 Å². The second-order valence-corrected chi connectivity index (χ2v) is 4.79. The van der Waals surface area contributed by atoms with Gasteiger partial charge in [-0.25, -0.2) is 0 Å². The van der Waals surface area contributed by atoms with Crippen molar-refractivity contribution in [3.05, 3.63) is 22.9 Å². The van der Waals surface area contributed by atoms with E-state index in [0.29, 0.717) is 24.6 Å². The van der Waals surface area contributed by atoms with Crippen LogP contribution in [0.3, 0.4) is 0 Å². The van der Waals surface area contributed by atoms with Gasteiger partial charge in [-0.2, -0.15) is 0 Å². The van der Waals surface area contributed by atoms with Gasteiger partial charge in [-0.3, -0.25) is 4.79 Å². The van der Waals surface area contributed by atoms with Gasteiger partial charge in [-0.15, -0.1) is 21.5 Å². The first-order valence-electron chi connectivity index (χ1n) is 5.81. The van der Waals surface area contributed by atoms with Crippen LogP contribution in [0.4, 0.5) is 0 Å². The summed E-state index contributed by atoms with van der Waals surface area (Å²) in [6, 6.07) is 2.05. The van der Waals surface area contributed by atoms with Gasteiger partial charge in [0.2, 0.25) is 5.89 Å². The number of rotatable bonds is 6. The summed E-state index contributed by atoms with van der Waals surface area (Å²) in [6.07, 6.45) is 2.07. The molecule has 2 aromatic rings. The Bertz CT molecular complexity index is 533. The number of carbonyl (C=O) groups is 1. The molecule has 1 N–H and O–H groups in total. The van der Waals surface area contributed by atoms with Crippen LogP contribution < -0.4 is 0 Å². The van der Waals surface area contributed by atoms with Gasteiger partial charge in [-0.1, -0.05) is 6.92 Å². The van der Waals surface area contributed by atoms with E-state index in [1.54, 1.807) is 11.3 Å². The molecule has 18 heavy (non-hydrogen) atoms. The predicted octanol–water partition coefficient (Wildman–Crippen LogP) is 2.77. The van der Waals surface area contributed by atoms with Crippen LogP contribution in [0.5, 0.6) is 0 Å². The van der Waals surface area contributed by atoms with E-state index in [9.17, 15) is 4.79 Å². The lowest BCUT2D eigenvalue weighted by Crippen LogP contribution is -1.95. The second kappa shape index (κ2) is 5.77. The first-order chi connectivity index (χ1) is 8.70. The highest BCUT2D eigenvalue weighted by Crippen LogP contribution is 2.28. The number of aliphatic carboxylic acids is 1. The third-order valence-electron chi connectivity index (χ3n) is 2.57. The third kappa shape index (κ3) is 2.95. The Labute approximate surface area is 108 Å². The van der Waals surface area contributed by atoms with Crippen LogP contribution in [0.25, 0.3) is 10.8 Å². The standard InChI is InChI=1S/C12H14N2O3S/c1-2-8-6-7-18-11(8)12-14-13-9(17-12)4-3-5-10(15)16/h6-7H,2-5H2,1H3,(H,15,16). The molecule has 0 spiro atoms. The molecule has 0 saturated carbocycles. The molecule has 0 saturated heterocycles. The number of nitrogens with zero attached hydrogens (tertiary/aromatic N) is 2. The Morgan fingerprint density at radius 3 is 3.06 bits per heavy atom. The lowest BCUT2D eigenvalue weighted by atomic mass is 10.2. The van der Waals surface area contributed by atoms with Crippen molar-refractivity contribution in [2.45, 2.75) is 32.6 Å². The molecule has 0 amide bonds. The van der Waals surface area contributed by atoms with E-state index in [1.807, 2.05) is 11.4 Å². The van der Waals surface area contributed by atoms with Crippen molar-refractivity contribution in [3.63, 3.8) is 0 Å². The summed E-state index contributed by atoms with van der Waals surface area (Å²) in [4.78, 5) is 11.4. The maximum absolute atomic E-state index is 10.4. The highest BCUT2D eigenvalue weighted by molar-refractivity contribution is 7.13. The van der Waals surface area contributed by atoms with Crippen LogP contribution in [0.1, 0.15) is 31.2 Å². The van der Waals surface area contributed by atoms with Crippen LogP contribution in [0.15, 0.2) is 15.9 Å². The fourth-order valence-electron chi connectivity index (χ4n) is 1.64. The summed E-state index contributed by atoms with van der Waals surface area (Å²) in [5, 5.41) is 18.5. The maximum atomic E-state index is 10.4. The molecule has 0 unspecified atom stereocenters. The normalized spacial score (nSPS) is 10.7. The number of hydrogen-bond acceptors (Lipinski definition) is 5. The molecule has 0 aliphatic carbocycles. The molecule has 0 aromatic carbocycles. The summed E-state index contributed by atoms with van der Waals surface area (Å²) >= 11 is 1.58. The van der Waals surface area contributed by atoms with E-state index in [2.05, 4.69) is 17.1 Å². The zero-order valence-corrected chi connectivity index (χ0v) is 10.9. The topological polar surface area (TPSA) is 76.2 Å². The minimum absolute atomic E-state index is 0.122. The maximum Gasteiger partial charge on any atom is 0.303 e. The molecule has 5 nitrogen and oxygen atoms in total. The minimum Gasteiger partial charge on any atom is -0.481 e. The SMILES string of the molecule is CCc1ccsc1-c1nnc(CCCC(=O)O)o1. The lowest BCUT2D eigenvalue weighted by Gasteiger charge is -1.94. The van der Waals surface area contributed by atoms with E-state index in [-0.39, 0.29) is 6.42 Å². The smallest absolute Gasteiger partial charge is 0.303 e. The van der Waals surface area contributed by atoms with E-state index in [4.69, 9.17) is 9.52 Å². The molecule has 96 valence electrons. The molecule has 2 heterocycles. The summed E-state index contributed by atoms with van der Waals surface area (Å²) < 4.78 is 5.55. The number of thiophene rings is 1. The molecule has 2 aromatic heterocycles. The molecule has 0 bridgehead atoms. The number of aryl methyl sites for hydroxylation is 2. The first-order valence-corrected chi connectivity index (χ1v) is 6.69. The summed E-state index contributed by atoms with van der Waals surface area (Å²) in [5.41, 5.74) is 1.20. The van der Waals surface area contributed by atoms with Crippen molar-refractivity contribution < 1.29 is 14.3 Å². The van der Waals surface area contributed by atoms with Gasteiger partial charge in [0, 0.05) is 12.8 Å². The quantitative estimate of drug-likeness (QED) is 0.870. The van der Waals surface area contributed by atoms with Crippen LogP contribution in [0, 0.1) is 0 Å². The Kier molecular flexibility index (Phi) is 4.09. The van der Waals surface area contributed by atoms with Gasteiger partial charge in [0.25, 0.3) is 5.89 Å². The van der Waals surface area contributed by atoms with Crippen molar-refractivity contribution in [1.82, 2.24) is 10.2 Å². The fraction of sp³-hybridized carbons (Fsp3) is 0.417. The molecule has 6 heteroatoms. The summed E-state index contributed by atoms with van der Waals surface area (Å²) in [7, 11) is 0. The molecule has 2 rings (SSSR count). The zero-order chi connectivity index (χ0) is 13.0. The van der Waals surface area contributed by atoms with Gasteiger partial charge in [0.1, 0.15) is 0 Å². The number of carboxylic acids is 1. The Balaban J connectivity index is 2.04. The molecule has 0 atom stereocenters. The van der Waals surface area contributed by atoms with E-state index in [1.165, 1.54) is 5.56 Å². The third-order valence-corrected chi connectivity index (χ3v) is 3.51. The van der Waals surface area contributed by atoms with Gasteiger partial charge in [0.05, 0.1) is 4.88 Å². The molecule has 0 aliphatic heterocycles. The first kappa shape index (κ1) is 12.8. The average Bonchev–Trinajstić information content (AvgIpc) is 2.95. The largest absolute Gasteiger partial charge is 0.481 e. The van der Waals surface area contributed by atoms with Gasteiger partial charge < -0.3 is 9.52 Å². The highest BCUT2D eigenvalue weighted by atomic mass is 32.1. The predicted molar refractivity (Wildman–Crippen MR) is 67.6 cm³/mol.